The monoisotopic (exact) mass is 297 g/mol. The van der Waals surface area contributed by atoms with Crippen LogP contribution in [-0.4, -0.2) is 42.0 Å². The van der Waals surface area contributed by atoms with E-state index in [-0.39, 0.29) is 5.91 Å². The van der Waals surface area contributed by atoms with Gasteiger partial charge in [-0.3, -0.25) is 9.69 Å². The van der Waals surface area contributed by atoms with Crippen molar-refractivity contribution in [2.75, 3.05) is 19.6 Å². The molecule has 0 aromatic carbocycles. The maximum absolute atomic E-state index is 12.3. The predicted octanol–water partition coefficient (Wildman–Crippen LogP) is 2.52. The molecule has 0 saturated heterocycles. The highest BCUT2D eigenvalue weighted by Gasteiger charge is 2.50. The quantitative estimate of drug-likeness (QED) is 0.582. The number of carbonyl (C=O) groups excluding carboxylic acids is 1. The standard InChI is InChI=1S/C17H35N3O/c1-5-8-12-20(14(4)7-3)13-17(16(18)21,15-9-10-15)19-11-6-2/h14-15,19H,5-13H2,1-4H3,(H2,18,21). The zero-order chi connectivity index (χ0) is 15.9. The van der Waals surface area contributed by atoms with Crippen molar-refractivity contribution in [3.05, 3.63) is 0 Å². The van der Waals surface area contributed by atoms with Crippen LogP contribution < -0.4 is 11.1 Å². The number of rotatable bonds is 12. The second-order valence-electron chi connectivity index (χ2n) is 6.62. The van der Waals surface area contributed by atoms with Crippen LogP contribution in [0.4, 0.5) is 0 Å². The summed E-state index contributed by atoms with van der Waals surface area (Å²) in [4.78, 5) is 14.7. The Labute approximate surface area is 130 Å². The van der Waals surface area contributed by atoms with Crippen LogP contribution in [-0.2, 0) is 4.79 Å². The zero-order valence-electron chi connectivity index (χ0n) is 14.5. The van der Waals surface area contributed by atoms with Crippen molar-refractivity contribution in [3.8, 4) is 0 Å². The smallest absolute Gasteiger partial charge is 0.239 e. The average molecular weight is 297 g/mol. The SMILES string of the molecule is CCCCN(CC(NCCC)(C(N)=O)C1CC1)C(C)CC. The molecule has 0 spiro atoms. The second kappa shape index (κ2) is 8.74. The lowest BCUT2D eigenvalue weighted by molar-refractivity contribution is -0.126. The van der Waals surface area contributed by atoms with E-state index < -0.39 is 5.54 Å². The second-order valence-corrected chi connectivity index (χ2v) is 6.62. The van der Waals surface area contributed by atoms with Crippen molar-refractivity contribution in [2.24, 2.45) is 11.7 Å². The minimum Gasteiger partial charge on any atom is -0.368 e. The lowest BCUT2D eigenvalue weighted by Crippen LogP contribution is -2.64. The van der Waals surface area contributed by atoms with Crippen LogP contribution >= 0.6 is 0 Å². The van der Waals surface area contributed by atoms with E-state index in [1.54, 1.807) is 0 Å². The Hall–Kier alpha value is -0.610. The van der Waals surface area contributed by atoms with Gasteiger partial charge in [0.15, 0.2) is 0 Å². The molecule has 1 rings (SSSR count). The van der Waals surface area contributed by atoms with Crippen molar-refractivity contribution in [1.29, 1.82) is 0 Å². The lowest BCUT2D eigenvalue weighted by atomic mass is 9.90. The number of amides is 1. The van der Waals surface area contributed by atoms with Crippen LogP contribution in [0.15, 0.2) is 0 Å². The molecule has 1 fully saturated rings. The summed E-state index contributed by atoms with van der Waals surface area (Å²) in [5.41, 5.74) is 5.32. The highest BCUT2D eigenvalue weighted by molar-refractivity contribution is 5.86. The number of hydrogen-bond acceptors (Lipinski definition) is 3. The van der Waals surface area contributed by atoms with Crippen molar-refractivity contribution in [2.45, 2.75) is 77.8 Å². The fraction of sp³-hybridized carbons (Fsp3) is 0.941. The molecule has 1 aliphatic carbocycles. The molecule has 4 nitrogen and oxygen atoms in total. The largest absolute Gasteiger partial charge is 0.368 e. The minimum atomic E-state index is -0.521. The van der Waals surface area contributed by atoms with E-state index in [1.807, 2.05) is 0 Å². The van der Waals surface area contributed by atoms with Crippen molar-refractivity contribution in [1.82, 2.24) is 10.2 Å². The van der Waals surface area contributed by atoms with Gasteiger partial charge in [0.1, 0.15) is 5.54 Å². The third kappa shape index (κ3) is 4.96. The van der Waals surface area contributed by atoms with Crippen LogP contribution in [0.2, 0.25) is 0 Å². The van der Waals surface area contributed by atoms with E-state index >= 15 is 0 Å². The summed E-state index contributed by atoms with van der Waals surface area (Å²) in [5.74, 6) is 0.262. The molecule has 2 unspecified atom stereocenters. The first-order chi connectivity index (χ1) is 10.0. The summed E-state index contributed by atoms with van der Waals surface area (Å²) in [6.45, 7) is 11.5. The first-order valence-electron chi connectivity index (χ1n) is 8.80. The third-order valence-corrected chi connectivity index (χ3v) is 4.87. The van der Waals surface area contributed by atoms with Gasteiger partial charge in [0, 0.05) is 12.6 Å². The summed E-state index contributed by atoms with van der Waals surface area (Å²) in [7, 11) is 0. The Morgan fingerprint density at radius 2 is 2.00 bits per heavy atom. The molecule has 0 radical (unpaired) electrons. The predicted molar refractivity (Wildman–Crippen MR) is 89.2 cm³/mol. The zero-order valence-corrected chi connectivity index (χ0v) is 14.5. The van der Waals surface area contributed by atoms with E-state index in [4.69, 9.17) is 5.73 Å². The molecule has 124 valence electrons. The molecule has 1 aliphatic rings. The molecule has 0 aliphatic heterocycles. The van der Waals surface area contributed by atoms with E-state index in [1.165, 1.54) is 12.8 Å². The van der Waals surface area contributed by atoms with E-state index in [2.05, 4.69) is 37.9 Å². The molecule has 0 heterocycles. The van der Waals surface area contributed by atoms with E-state index in [0.29, 0.717) is 12.0 Å². The van der Waals surface area contributed by atoms with Gasteiger partial charge >= 0.3 is 0 Å². The molecule has 1 saturated carbocycles. The molecule has 2 atom stereocenters. The molecule has 0 bridgehead atoms. The number of nitrogens with two attached hydrogens (primary N) is 1. The van der Waals surface area contributed by atoms with Gasteiger partial charge in [0.2, 0.25) is 5.91 Å². The molecule has 21 heavy (non-hydrogen) atoms. The number of carbonyl (C=O) groups is 1. The Balaban J connectivity index is 2.86. The number of hydrogen-bond donors (Lipinski definition) is 2. The Kier molecular flexibility index (Phi) is 7.67. The normalized spacial score (nSPS) is 19.5. The first kappa shape index (κ1) is 18.4. The van der Waals surface area contributed by atoms with Crippen LogP contribution in [0, 0.1) is 5.92 Å². The van der Waals surface area contributed by atoms with Crippen LogP contribution in [0.3, 0.4) is 0 Å². The Bertz CT molecular complexity index is 317. The highest BCUT2D eigenvalue weighted by atomic mass is 16.1. The van der Waals surface area contributed by atoms with Gasteiger partial charge in [-0.15, -0.1) is 0 Å². The van der Waals surface area contributed by atoms with Gasteiger partial charge in [-0.05, 0) is 58.0 Å². The third-order valence-electron chi connectivity index (χ3n) is 4.87. The lowest BCUT2D eigenvalue weighted by Gasteiger charge is -2.40. The fourth-order valence-corrected chi connectivity index (χ4v) is 3.01. The number of nitrogens with one attached hydrogen (secondary N) is 1. The highest BCUT2D eigenvalue weighted by Crippen LogP contribution is 2.40. The van der Waals surface area contributed by atoms with Gasteiger partial charge in [-0.2, -0.15) is 0 Å². The Morgan fingerprint density at radius 1 is 1.33 bits per heavy atom. The number of nitrogens with zero attached hydrogens (tertiary/aromatic N) is 1. The van der Waals surface area contributed by atoms with Gasteiger partial charge in [0.05, 0.1) is 0 Å². The van der Waals surface area contributed by atoms with Crippen LogP contribution in [0.1, 0.15) is 66.2 Å². The molecule has 3 N–H and O–H groups in total. The number of unbranched alkanes of at least 4 members (excludes halogenated alkanes) is 1. The summed E-state index contributed by atoms with van der Waals surface area (Å²) < 4.78 is 0. The van der Waals surface area contributed by atoms with Gasteiger partial charge < -0.3 is 11.1 Å². The minimum absolute atomic E-state index is 0.164. The van der Waals surface area contributed by atoms with E-state index in [9.17, 15) is 4.79 Å². The maximum Gasteiger partial charge on any atom is 0.239 e. The summed E-state index contributed by atoms with van der Waals surface area (Å²) in [5, 5.41) is 3.51. The first-order valence-corrected chi connectivity index (χ1v) is 8.80. The van der Waals surface area contributed by atoms with Crippen LogP contribution in [0.5, 0.6) is 0 Å². The molecular weight excluding hydrogens is 262 g/mol. The molecule has 0 aromatic rings. The van der Waals surface area contributed by atoms with Crippen molar-refractivity contribution >= 4 is 5.91 Å². The van der Waals surface area contributed by atoms with Gasteiger partial charge in [0.25, 0.3) is 0 Å². The molecule has 0 aromatic heterocycles. The number of primary amides is 1. The Morgan fingerprint density at radius 3 is 2.43 bits per heavy atom. The summed E-state index contributed by atoms with van der Waals surface area (Å²) >= 11 is 0. The maximum atomic E-state index is 12.3. The summed E-state index contributed by atoms with van der Waals surface area (Å²) in [6.07, 6.45) is 6.75. The van der Waals surface area contributed by atoms with Crippen molar-refractivity contribution < 1.29 is 4.79 Å². The van der Waals surface area contributed by atoms with E-state index in [0.717, 1.165) is 45.3 Å². The molecule has 1 amide bonds. The average Bonchev–Trinajstić information content (AvgIpc) is 3.30. The molecule has 4 heteroatoms. The van der Waals surface area contributed by atoms with Crippen LogP contribution in [0.25, 0.3) is 0 Å². The fourth-order valence-electron chi connectivity index (χ4n) is 3.01. The van der Waals surface area contributed by atoms with Gasteiger partial charge in [-0.25, -0.2) is 0 Å². The molecular formula is C17H35N3O. The van der Waals surface area contributed by atoms with Crippen molar-refractivity contribution in [3.63, 3.8) is 0 Å². The topological polar surface area (TPSA) is 58.4 Å². The van der Waals surface area contributed by atoms with Gasteiger partial charge in [-0.1, -0.05) is 27.2 Å². The summed E-state index contributed by atoms with van der Waals surface area (Å²) in [6, 6.07) is 0.498.